The summed E-state index contributed by atoms with van der Waals surface area (Å²) < 4.78 is 0. The van der Waals surface area contributed by atoms with Gasteiger partial charge in [-0.2, -0.15) is 5.06 Å². The van der Waals surface area contributed by atoms with Crippen LogP contribution in [0.5, 0.6) is 0 Å². The topological polar surface area (TPSA) is 30.0 Å². The van der Waals surface area contributed by atoms with Crippen molar-refractivity contribution < 1.29 is 5.21 Å². The quantitative estimate of drug-likeness (QED) is 0.305. The van der Waals surface area contributed by atoms with E-state index >= 15 is 0 Å². The van der Waals surface area contributed by atoms with Crippen LogP contribution < -0.4 is 0 Å². The number of aryl methyl sites for hydroxylation is 3. The highest BCUT2D eigenvalue weighted by Gasteiger charge is 2.44. The fourth-order valence-electron chi connectivity index (χ4n) is 9.76. The van der Waals surface area contributed by atoms with Gasteiger partial charge in [0.05, 0.1) is 0 Å². The van der Waals surface area contributed by atoms with Gasteiger partial charge in [0.25, 0.3) is 0 Å². The minimum Gasteiger partial charge on any atom is -0.313 e. The van der Waals surface area contributed by atoms with Crippen molar-refractivity contribution in [1.82, 2.24) is 14.9 Å². The first-order valence-corrected chi connectivity index (χ1v) is 18.4. The van der Waals surface area contributed by atoms with E-state index in [2.05, 4.69) is 168 Å². The molecule has 0 amide bonds. The molecule has 0 bridgehead atoms. The van der Waals surface area contributed by atoms with Crippen molar-refractivity contribution in [2.75, 3.05) is 14.1 Å². The van der Waals surface area contributed by atoms with Crippen LogP contribution in [0.2, 0.25) is 0 Å². The van der Waals surface area contributed by atoms with E-state index < -0.39 is 0 Å². The van der Waals surface area contributed by atoms with Crippen molar-refractivity contribution >= 4 is 0 Å². The second-order valence-electron chi connectivity index (χ2n) is 19.9. The number of hydrogen-bond acceptors (Lipinski definition) is 4. The zero-order valence-corrected chi connectivity index (χ0v) is 34.9. The zero-order valence-electron chi connectivity index (χ0n) is 34.9. The summed E-state index contributed by atoms with van der Waals surface area (Å²) >= 11 is 0. The van der Waals surface area contributed by atoms with Crippen molar-refractivity contribution in [2.45, 2.75) is 203 Å². The molecule has 0 spiro atoms. The molecule has 3 saturated heterocycles. The molecule has 4 heteroatoms. The molecule has 0 radical (unpaired) electrons. The Labute approximate surface area is 289 Å². The van der Waals surface area contributed by atoms with Gasteiger partial charge >= 0.3 is 0 Å². The maximum Gasteiger partial charge on any atom is 0.0413 e. The summed E-state index contributed by atoms with van der Waals surface area (Å²) in [5.74, 6) is 2.44. The van der Waals surface area contributed by atoms with Gasteiger partial charge in [-0.05, 0) is 198 Å². The summed E-state index contributed by atoms with van der Waals surface area (Å²) in [7, 11) is 4.51. The second-order valence-corrected chi connectivity index (χ2v) is 19.9. The molecule has 3 aliphatic rings. The largest absolute Gasteiger partial charge is 0.313 e. The molecule has 1 aromatic carbocycles. The summed E-state index contributed by atoms with van der Waals surface area (Å²) in [6, 6.07) is 4.45. The smallest absolute Gasteiger partial charge is 0.0413 e. The second kappa shape index (κ2) is 15.3. The van der Waals surface area contributed by atoms with Crippen molar-refractivity contribution in [2.24, 2.45) is 17.8 Å². The molecule has 1 N–H and O–H groups in total. The Bertz CT molecular complexity index is 940. The van der Waals surface area contributed by atoms with Gasteiger partial charge in [0.2, 0.25) is 0 Å². The lowest BCUT2D eigenvalue weighted by atomic mass is 9.75. The molecule has 270 valence electrons. The lowest BCUT2D eigenvalue weighted by molar-refractivity contribution is -0.249. The fourth-order valence-corrected chi connectivity index (χ4v) is 9.76. The Kier molecular flexibility index (Phi) is 14.3. The van der Waals surface area contributed by atoms with E-state index in [1.54, 1.807) is 0 Å². The Hall–Kier alpha value is -0.940. The molecule has 1 aromatic rings. The molecule has 3 heterocycles. The number of piperidine rings is 3. The van der Waals surface area contributed by atoms with Crippen LogP contribution in [0.25, 0.3) is 0 Å². The summed E-state index contributed by atoms with van der Waals surface area (Å²) in [6.45, 7) is 42.9. The Morgan fingerprint density at radius 1 is 0.478 bits per heavy atom. The summed E-state index contributed by atoms with van der Waals surface area (Å²) in [5, 5.41) is 11.4. The van der Waals surface area contributed by atoms with E-state index in [1.807, 2.05) is 0 Å². The molecular formula is C42H81N3O. The predicted octanol–water partition coefficient (Wildman–Crippen LogP) is 11.4. The third-order valence-corrected chi connectivity index (χ3v) is 11.9. The predicted molar refractivity (Wildman–Crippen MR) is 204 cm³/mol. The van der Waals surface area contributed by atoms with Gasteiger partial charge in [-0.25, -0.2) is 0 Å². The minimum atomic E-state index is -0.0683. The molecule has 3 fully saturated rings. The third-order valence-electron chi connectivity index (χ3n) is 11.9. The molecule has 0 atom stereocenters. The molecule has 0 unspecified atom stereocenters. The van der Waals surface area contributed by atoms with Crippen LogP contribution in [0.3, 0.4) is 0 Å². The molecule has 3 aliphatic heterocycles. The molecule has 0 saturated carbocycles. The monoisotopic (exact) mass is 644 g/mol. The molecule has 4 rings (SSSR count). The Balaban J connectivity index is 0.000000307. The Morgan fingerprint density at radius 2 is 0.696 bits per heavy atom. The first kappa shape index (κ1) is 43.1. The lowest BCUT2D eigenvalue weighted by Gasteiger charge is -2.53. The fraction of sp³-hybridized carbons (Fsp3) is 0.857. The van der Waals surface area contributed by atoms with Crippen LogP contribution in [0.4, 0.5) is 0 Å². The van der Waals surface area contributed by atoms with Crippen molar-refractivity contribution in [3.8, 4) is 0 Å². The SMILES string of the molecule is CC1CC(C)(C)N(C)C(C)(C)C1.CC1CC(C)(C)N(C)C(C)(C)C1.CC1CC(C)(C)N(O)C(C)(C)C1.Cc1cc(C)c(C)c(C)c1. The van der Waals surface area contributed by atoms with Crippen LogP contribution in [0.15, 0.2) is 12.1 Å². The van der Waals surface area contributed by atoms with E-state index in [0.717, 1.165) is 24.7 Å². The molecular weight excluding hydrogens is 562 g/mol. The normalized spacial score (nSPS) is 26.0. The average molecular weight is 644 g/mol. The maximum absolute atomic E-state index is 9.92. The van der Waals surface area contributed by atoms with Crippen LogP contribution in [-0.2, 0) is 0 Å². The standard InChI is InChI=1S/2C11H23N.C10H21NO.C10H14/c2*1-9-7-10(2,3)12(6)11(4,5)8-9;1-8-6-9(2,3)11(12)10(4,5)7-8;1-7-5-8(2)10(4)9(3)6-7/h2*9H,7-8H2,1-6H3;8,12H,6-7H2,1-5H3;5-6H,1-4H3. The van der Waals surface area contributed by atoms with E-state index in [4.69, 9.17) is 0 Å². The van der Waals surface area contributed by atoms with Gasteiger partial charge in [0, 0.05) is 33.2 Å². The number of nitrogens with zero attached hydrogens (tertiary/aromatic N) is 3. The van der Waals surface area contributed by atoms with Crippen LogP contribution in [0, 0.1) is 45.4 Å². The minimum absolute atomic E-state index is 0.0683. The Morgan fingerprint density at radius 3 is 0.935 bits per heavy atom. The van der Waals surface area contributed by atoms with Gasteiger partial charge in [0.15, 0.2) is 0 Å². The first-order valence-electron chi connectivity index (χ1n) is 18.4. The molecule has 0 aromatic heterocycles. The van der Waals surface area contributed by atoms with Gasteiger partial charge in [-0.1, -0.05) is 38.5 Å². The van der Waals surface area contributed by atoms with Gasteiger partial charge in [0.1, 0.15) is 0 Å². The maximum atomic E-state index is 9.92. The summed E-state index contributed by atoms with van der Waals surface area (Å²) in [6.07, 6.45) is 7.46. The molecule has 46 heavy (non-hydrogen) atoms. The van der Waals surface area contributed by atoms with Crippen LogP contribution >= 0.6 is 0 Å². The third kappa shape index (κ3) is 11.6. The van der Waals surface area contributed by atoms with E-state index in [9.17, 15) is 5.21 Å². The molecule has 4 nitrogen and oxygen atoms in total. The first-order chi connectivity index (χ1) is 20.4. The average Bonchev–Trinajstić information content (AvgIpc) is 2.82. The zero-order chi connectivity index (χ0) is 36.4. The summed E-state index contributed by atoms with van der Waals surface area (Å²) in [5.41, 5.74) is 6.95. The number of benzene rings is 1. The van der Waals surface area contributed by atoms with Gasteiger partial charge < -0.3 is 5.21 Å². The molecule has 0 aliphatic carbocycles. The van der Waals surface area contributed by atoms with Crippen LogP contribution in [0.1, 0.15) is 165 Å². The highest BCUT2D eigenvalue weighted by molar-refractivity contribution is 5.36. The number of hydroxylamine groups is 2. The van der Waals surface area contributed by atoms with E-state index in [-0.39, 0.29) is 11.1 Å². The number of rotatable bonds is 0. The number of likely N-dealkylation sites (tertiary alicyclic amines) is 2. The summed E-state index contributed by atoms with van der Waals surface area (Å²) in [4.78, 5) is 5.06. The van der Waals surface area contributed by atoms with Crippen molar-refractivity contribution in [3.05, 3.63) is 34.4 Å². The van der Waals surface area contributed by atoms with Crippen LogP contribution in [-0.4, -0.2) is 67.4 Å². The lowest BCUT2D eigenvalue weighted by Crippen LogP contribution is -2.58. The highest BCUT2D eigenvalue weighted by Crippen LogP contribution is 2.41. The van der Waals surface area contributed by atoms with Gasteiger partial charge in [-0.3, -0.25) is 9.80 Å². The van der Waals surface area contributed by atoms with Crippen molar-refractivity contribution in [3.63, 3.8) is 0 Å². The van der Waals surface area contributed by atoms with E-state index in [1.165, 1.54) is 53.0 Å². The highest BCUT2D eigenvalue weighted by atomic mass is 16.5. The van der Waals surface area contributed by atoms with Crippen molar-refractivity contribution in [1.29, 1.82) is 0 Å². The van der Waals surface area contributed by atoms with Gasteiger partial charge in [-0.15, -0.1) is 0 Å². The van der Waals surface area contributed by atoms with E-state index in [0.29, 0.717) is 28.1 Å². The number of hydrogen-bond donors (Lipinski definition) is 1.